The molecule has 0 amide bonds. The fourth-order valence-electron chi connectivity index (χ4n) is 3.16. The third-order valence-corrected chi connectivity index (χ3v) is 4.63. The van der Waals surface area contributed by atoms with Crippen LogP contribution in [0.25, 0.3) is 11.1 Å². The van der Waals surface area contributed by atoms with E-state index in [0.29, 0.717) is 30.3 Å². The van der Waals surface area contributed by atoms with E-state index in [-0.39, 0.29) is 0 Å². The van der Waals surface area contributed by atoms with Crippen LogP contribution in [0.2, 0.25) is 0 Å². The van der Waals surface area contributed by atoms with E-state index in [1.165, 1.54) is 0 Å². The molecule has 0 saturated carbocycles. The Labute approximate surface area is 181 Å². The summed E-state index contributed by atoms with van der Waals surface area (Å²) in [5.41, 5.74) is 2.20. The molecule has 154 valence electrons. The monoisotopic (exact) mass is 410 g/mol. The van der Waals surface area contributed by atoms with Gasteiger partial charge in [-0.2, -0.15) is 0 Å². The maximum atomic E-state index is 12.9. The lowest BCUT2D eigenvalue weighted by atomic mass is 10.0. The Morgan fingerprint density at radius 3 is 1.94 bits per heavy atom. The number of benzene rings is 4. The normalized spacial score (nSPS) is 10.3. The number of esters is 1. The van der Waals surface area contributed by atoms with Crippen LogP contribution in [0.5, 0.6) is 17.2 Å². The zero-order valence-corrected chi connectivity index (χ0v) is 16.9. The van der Waals surface area contributed by atoms with Crippen molar-refractivity contribution in [2.24, 2.45) is 0 Å². The summed E-state index contributed by atoms with van der Waals surface area (Å²) in [4.78, 5) is 12.9. The predicted molar refractivity (Wildman–Crippen MR) is 121 cm³/mol. The van der Waals surface area contributed by atoms with Gasteiger partial charge in [0.1, 0.15) is 36.0 Å². The van der Waals surface area contributed by atoms with Crippen molar-refractivity contribution in [3.8, 4) is 28.4 Å². The predicted octanol–water partition coefficient (Wildman–Crippen LogP) is 6.03. The van der Waals surface area contributed by atoms with Gasteiger partial charge in [0.15, 0.2) is 0 Å². The lowest BCUT2D eigenvalue weighted by Crippen LogP contribution is -2.14. The van der Waals surface area contributed by atoms with Gasteiger partial charge in [-0.1, -0.05) is 78.9 Å². The molecule has 0 aliphatic rings. The molecule has 0 fully saturated rings. The van der Waals surface area contributed by atoms with Crippen molar-refractivity contribution in [3.63, 3.8) is 0 Å². The second-order valence-electron chi connectivity index (χ2n) is 6.76. The quantitative estimate of drug-likeness (QED) is 0.202. The summed E-state index contributed by atoms with van der Waals surface area (Å²) in [6.07, 6.45) is 0. The van der Waals surface area contributed by atoms with E-state index in [4.69, 9.17) is 14.2 Å². The highest BCUT2D eigenvalue weighted by Crippen LogP contribution is 2.31. The number of hydrogen-bond donors (Lipinski definition) is 0. The van der Waals surface area contributed by atoms with Crippen LogP contribution in [-0.4, -0.2) is 19.2 Å². The summed E-state index contributed by atoms with van der Waals surface area (Å²) in [5.74, 6) is 1.27. The Morgan fingerprint density at radius 1 is 0.581 bits per heavy atom. The fourth-order valence-corrected chi connectivity index (χ4v) is 3.16. The van der Waals surface area contributed by atoms with Crippen molar-refractivity contribution in [2.75, 3.05) is 13.2 Å². The highest BCUT2D eigenvalue weighted by Gasteiger charge is 2.16. The first kappa shape index (κ1) is 20.2. The van der Waals surface area contributed by atoms with E-state index in [1.807, 2.05) is 84.9 Å². The zero-order chi connectivity index (χ0) is 21.3. The van der Waals surface area contributed by atoms with Crippen LogP contribution in [0, 0.1) is 0 Å². The second kappa shape index (κ2) is 10.1. The van der Waals surface area contributed by atoms with Gasteiger partial charge < -0.3 is 14.2 Å². The molecule has 0 N–H and O–H groups in total. The Morgan fingerprint density at radius 2 is 1.16 bits per heavy atom. The molecular formula is C27H22O4. The van der Waals surface area contributed by atoms with Crippen LogP contribution in [0.3, 0.4) is 0 Å². The number of carbonyl (C=O) groups is 1. The topological polar surface area (TPSA) is 44.8 Å². The molecule has 0 saturated heterocycles. The molecule has 0 atom stereocenters. The lowest BCUT2D eigenvalue weighted by molar-refractivity contribution is 0.0730. The lowest BCUT2D eigenvalue weighted by Gasteiger charge is -2.13. The molecule has 0 bridgehead atoms. The minimum absolute atomic E-state index is 0.305. The summed E-state index contributed by atoms with van der Waals surface area (Å²) in [7, 11) is 0. The third-order valence-electron chi connectivity index (χ3n) is 4.63. The summed E-state index contributed by atoms with van der Waals surface area (Å²) < 4.78 is 17.2. The highest BCUT2D eigenvalue weighted by atomic mass is 16.5. The van der Waals surface area contributed by atoms with Gasteiger partial charge in [-0.15, -0.1) is 0 Å². The second-order valence-corrected chi connectivity index (χ2v) is 6.76. The van der Waals surface area contributed by atoms with E-state index in [1.54, 1.807) is 24.3 Å². The smallest absolute Gasteiger partial charge is 0.347 e. The summed E-state index contributed by atoms with van der Waals surface area (Å²) >= 11 is 0. The average Bonchev–Trinajstić information content (AvgIpc) is 2.83. The van der Waals surface area contributed by atoms with Gasteiger partial charge in [-0.05, 0) is 35.9 Å². The molecule has 4 heteroatoms. The van der Waals surface area contributed by atoms with Crippen molar-refractivity contribution in [1.82, 2.24) is 0 Å². The molecule has 31 heavy (non-hydrogen) atoms. The van der Waals surface area contributed by atoms with Gasteiger partial charge in [-0.3, -0.25) is 0 Å². The Kier molecular flexibility index (Phi) is 6.61. The SMILES string of the molecule is O=C(Oc1ccccc1-c1ccccc1)c1ccccc1OCCOc1ccccc1. The van der Waals surface area contributed by atoms with Crippen LogP contribution < -0.4 is 14.2 Å². The number of ether oxygens (including phenoxy) is 3. The van der Waals surface area contributed by atoms with Gasteiger partial charge in [0, 0.05) is 5.56 Å². The van der Waals surface area contributed by atoms with Crippen molar-refractivity contribution in [1.29, 1.82) is 0 Å². The third kappa shape index (κ3) is 5.31. The van der Waals surface area contributed by atoms with Crippen molar-refractivity contribution >= 4 is 5.97 Å². The van der Waals surface area contributed by atoms with Gasteiger partial charge >= 0.3 is 5.97 Å². The molecule has 4 nitrogen and oxygen atoms in total. The van der Waals surface area contributed by atoms with Crippen LogP contribution >= 0.6 is 0 Å². The van der Waals surface area contributed by atoms with E-state index >= 15 is 0 Å². The molecule has 0 aliphatic heterocycles. The molecule has 4 aromatic rings. The number of rotatable bonds is 8. The Bertz CT molecular complexity index is 1120. The summed E-state index contributed by atoms with van der Waals surface area (Å²) in [6.45, 7) is 0.671. The first-order valence-electron chi connectivity index (χ1n) is 10.1. The standard InChI is InChI=1S/C27H22O4/c28-27(31-26-18-10-7-15-23(26)21-11-3-1-4-12-21)24-16-8-9-17-25(24)30-20-19-29-22-13-5-2-6-14-22/h1-18H,19-20H2. The molecule has 4 aromatic carbocycles. The number of hydrogen-bond acceptors (Lipinski definition) is 4. The van der Waals surface area contributed by atoms with Crippen LogP contribution in [0.4, 0.5) is 0 Å². The molecule has 0 unspecified atom stereocenters. The maximum Gasteiger partial charge on any atom is 0.347 e. The van der Waals surface area contributed by atoms with Gasteiger partial charge in [0.05, 0.1) is 0 Å². The largest absolute Gasteiger partial charge is 0.490 e. The maximum absolute atomic E-state index is 12.9. The molecule has 0 radical (unpaired) electrons. The fraction of sp³-hybridized carbons (Fsp3) is 0.0741. The molecule has 0 aromatic heterocycles. The zero-order valence-electron chi connectivity index (χ0n) is 16.9. The van der Waals surface area contributed by atoms with Crippen molar-refractivity contribution < 1.29 is 19.0 Å². The minimum Gasteiger partial charge on any atom is -0.490 e. The van der Waals surface area contributed by atoms with E-state index in [9.17, 15) is 4.79 Å². The van der Waals surface area contributed by atoms with E-state index in [2.05, 4.69) is 0 Å². The highest BCUT2D eigenvalue weighted by molar-refractivity contribution is 5.94. The molecule has 0 heterocycles. The Hall–Kier alpha value is -4.05. The van der Waals surface area contributed by atoms with Gasteiger partial charge in [0.2, 0.25) is 0 Å². The van der Waals surface area contributed by atoms with E-state index in [0.717, 1.165) is 16.9 Å². The Balaban J connectivity index is 1.44. The first-order valence-corrected chi connectivity index (χ1v) is 10.1. The van der Waals surface area contributed by atoms with Gasteiger partial charge in [0.25, 0.3) is 0 Å². The van der Waals surface area contributed by atoms with Gasteiger partial charge in [-0.25, -0.2) is 4.79 Å². The molecule has 0 aliphatic carbocycles. The number of para-hydroxylation sites is 3. The summed E-state index contributed by atoms with van der Waals surface area (Å²) in [6, 6.07) is 33.9. The molecular weight excluding hydrogens is 388 g/mol. The minimum atomic E-state index is -0.469. The molecule has 4 rings (SSSR count). The summed E-state index contributed by atoms with van der Waals surface area (Å²) in [5, 5.41) is 0. The molecule has 0 spiro atoms. The van der Waals surface area contributed by atoms with E-state index < -0.39 is 5.97 Å². The van der Waals surface area contributed by atoms with Crippen molar-refractivity contribution in [3.05, 3.63) is 115 Å². The number of carbonyl (C=O) groups excluding carboxylic acids is 1. The van der Waals surface area contributed by atoms with Crippen LogP contribution in [-0.2, 0) is 0 Å². The van der Waals surface area contributed by atoms with Crippen LogP contribution in [0.1, 0.15) is 10.4 Å². The van der Waals surface area contributed by atoms with Crippen molar-refractivity contribution in [2.45, 2.75) is 0 Å². The average molecular weight is 410 g/mol. The van der Waals surface area contributed by atoms with Crippen LogP contribution in [0.15, 0.2) is 109 Å². The first-order chi connectivity index (χ1) is 15.3.